The van der Waals surface area contributed by atoms with Gasteiger partial charge in [0.1, 0.15) is 5.75 Å². The van der Waals surface area contributed by atoms with Gasteiger partial charge in [0, 0.05) is 0 Å². The second-order valence-electron chi connectivity index (χ2n) is 2.63. The molecule has 0 N–H and O–H groups in total. The first-order valence-corrected chi connectivity index (χ1v) is 3.64. The van der Waals surface area contributed by atoms with Gasteiger partial charge in [0.15, 0.2) is 0 Å². The lowest BCUT2D eigenvalue weighted by Gasteiger charge is -1.98. The highest BCUT2D eigenvalue weighted by atomic mass is 16.5. The molecule has 0 heterocycles. The number of allylic oxidation sites excluding steroid dienone is 1. The molecule has 0 bridgehead atoms. The van der Waals surface area contributed by atoms with E-state index < -0.39 is 0 Å². The van der Waals surface area contributed by atoms with Gasteiger partial charge in [-0.3, -0.25) is 0 Å². The second-order valence-corrected chi connectivity index (χ2v) is 2.63. The van der Waals surface area contributed by atoms with Crippen LogP contribution in [0.15, 0.2) is 42.2 Å². The quantitative estimate of drug-likeness (QED) is 0.586. The van der Waals surface area contributed by atoms with Crippen LogP contribution in [0, 0.1) is 0 Å². The van der Waals surface area contributed by atoms with Crippen LogP contribution in [0.1, 0.15) is 13.8 Å². The van der Waals surface area contributed by atoms with Crippen molar-refractivity contribution in [2.45, 2.75) is 13.8 Å². The standard InChI is InChI=1S/C10H12O/c1-9(2)8-11-10-6-4-3-5-7-10/h3-8H,1-2H3. The topological polar surface area (TPSA) is 9.23 Å². The molecule has 0 saturated carbocycles. The molecular formula is C10H12O. The summed E-state index contributed by atoms with van der Waals surface area (Å²) in [5, 5.41) is 0. The van der Waals surface area contributed by atoms with E-state index in [0.717, 1.165) is 11.3 Å². The van der Waals surface area contributed by atoms with Crippen LogP contribution in [0.4, 0.5) is 0 Å². The molecule has 0 aromatic heterocycles. The minimum Gasteiger partial charge on any atom is -0.465 e. The maximum absolute atomic E-state index is 5.31. The monoisotopic (exact) mass is 148 g/mol. The Labute approximate surface area is 67.3 Å². The van der Waals surface area contributed by atoms with Gasteiger partial charge in [0.25, 0.3) is 0 Å². The molecule has 0 saturated heterocycles. The van der Waals surface area contributed by atoms with Gasteiger partial charge in [-0.15, -0.1) is 0 Å². The van der Waals surface area contributed by atoms with Gasteiger partial charge >= 0.3 is 0 Å². The normalized spacial score (nSPS) is 8.91. The third-order valence-electron chi connectivity index (χ3n) is 1.17. The predicted octanol–water partition coefficient (Wildman–Crippen LogP) is 2.99. The summed E-state index contributed by atoms with van der Waals surface area (Å²) in [6.07, 6.45) is 1.75. The number of rotatable bonds is 2. The number of hydrogen-bond donors (Lipinski definition) is 0. The fraction of sp³-hybridized carbons (Fsp3) is 0.200. The number of ether oxygens (including phenoxy) is 1. The Bertz CT molecular complexity index is 232. The fourth-order valence-electron chi connectivity index (χ4n) is 0.685. The summed E-state index contributed by atoms with van der Waals surface area (Å²) >= 11 is 0. The number of para-hydroxylation sites is 1. The molecule has 0 aliphatic rings. The highest BCUT2D eigenvalue weighted by molar-refractivity contribution is 5.22. The molecule has 0 spiro atoms. The van der Waals surface area contributed by atoms with Crippen molar-refractivity contribution < 1.29 is 4.74 Å². The number of hydrogen-bond acceptors (Lipinski definition) is 1. The third-order valence-corrected chi connectivity index (χ3v) is 1.17. The van der Waals surface area contributed by atoms with Crippen LogP contribution in [0.5, 0.6) is 5.75 Å². The zero-order valence-corrected chi connectivity index (χ0v) is 6.87. The van der Waals surface area contributed by atoms with Crippen LogP contribution in [0.3, 0.4) is 0 Å². The zero-order chi connectivity index (χ0) is 8.10. The van der Waals surface area contributed by atoms with E-state index in [2.05, 4.69) is 0 Å². The maximum Gasteiger partial charge on any atom is 0.126 e. The molecule has 0 aliphatic heterocycles. The summed E-state index contributed by atoms with van der Waals surface area (Å²) in [5.74, 6) is 0.883. The van der Waals surface area contributed by atoms with Crippen molar-refractivity contribution in [1.82, 2.24) is 0 Å². The smallest absolute Gasteiger partial charge is 0.126 e. The van der Waals surface area contributed by atoms with E-state index in [9.17, 15) is 0 Å². The Hall–Kier alpha value is -1.24. The minimum absolute atomic E-state index is 0.883. The molecule has 1 aromatic rings. The maximum atomic E-state index is 5.31. The van der Waals surface area contributed by atoms with Crippen LogP contribution in [0.2, 0.25) is 0 Å². The molecule has 1 heteroatoms. The predicted molar refractivity (Wildman–Crippen MR) is 46.5 cm³/mol. The van der Waals surface area contributed by atoms with Crippen LogP contribution in [0.25, 0.3) is 0 Å². The van der Waals surface area contributed by atoms with Crippen molar-refractivity contribution in [3.63, 3.8) is 0 Å². The van der Waals surface area contributed by atoms with Crippen LogP contribution in [-0.4, -0.2) is 0 Å². The molecule has 58 valence electrons. The Morgan fingerprint density at radius 2 is 1.82 bits per heavy atom. The minimum atomic E-state index is 0.883. The molecule has 0 radical (unpaired) electrons. The lowest BCUT2D eigenvalue weighted by molar-refractivity contribution is 0.476. The van der Waals surface area contributed by atoms with Gasteiger partial charge < -0.3 is 4.74 Å². The van der Waals surface area contributed by atoms with E-state index in [0.29, 0.717) is 0 Å². The van der Waals surface area contributed by atoms with Crippen molar-refractivity contribution in [3.8, 4) is 5.75 Å². The molecule has 0 fully saturated rings. The van der Waals surface area contributed by atoms with Gasteiger partial charge in [0.2, 0.25) is 0 Å². The fourth-order valence-corrected chi connectivity index (χ4v) is 0.685. The molecular weight excluding hydrogens is 136 g/mol. The van der Waals surface area contributed by atoms with Crippen molar-refractivity contribution in [2.24, 2.45) is 0 Å². The van der Waals surface area contributed by atoms with E-state index >= 15 is 0 Å². The van der Waals surface area contributed by atoms with Gasteiger partial charge in [-0.05, 0) is 31.6 Å². The lowest BCUT2D eigenvalue weighted by Crippen LogP contribution is -1.81. The molecule has 0 aliphatic carbocycles. The summed E-state index contributed by atoms with van der Waals surface area (Å²) in [6.45, 7) is 4.01. The first kappa shape index (κ1) is 7.86. The van der Waals surface area contributed by atoms with E-state index in [1.165, 1.54) is 0 Å². The molecule has 1 aromatic carbocycles. The van der Waals surface area contributed by atoms with Crippen molar-refractivity contribution in [3.05, 3.63) is 42.2 Å². The van der Waals surface area contributed by atoms with Crippen molar-refractivity contribution in [2.75, 3.05) is 0 Å². The Balaban J connectivity index is 2.59. The summed E-state index contributed by atoms with van der Waals surface area (Å²) in [7, 11) is 0. The van der Waals surface area contributed by atoms with Gasteiger partial charge in [-0.1, -0.05) is 18.2 Å². The van der Waals surface area contributed by atoms with E-state index in [1.54, 1.807) is 6.26 Å². The third kappa shape index (κ3) is 2.89. The summed E-state index contributed by atoms with van der Waals surface area (Å²) < 4.78 is 5.31. The first-order chi connectivity index (χ1) is 5.29. The average molecular weight is 148 g/mol. The van der Waals surface area contributed by atoms with Crippen LogP contribution in [-0.2, 0) is 0 Å². The molecule has 0 atom stereocenters. The second kappa shape index (κ2) is 3.81. The van der Waals surface area contributed by atoms with Gasteiger partial charge in [-0.2, -0.15) is 0 Å². The highest BCUT2D eigenvalue weighted by Crippen LogP contribution is 2.08. The van der Waals surface area contributed by atoms with E-state index in [4.69, 9.17) is 4.74 Å². The summed E-state index contributed by atoms with van der Waals surface area (Å²) in [5.41, 5.74) is 1.16. The lowest BCUT2D eigenvalue weighted by atomic mass is 10.3. The summed E-state index contributed by atoms with van der Waals surface area (Å²) in [4.78, 5) is 0. The highest BCUT2D eigenvalue weighted by Gasteiger charge is 1.85. The van der Waals surface area contributed by atoms with Crippen LogP contribution < -0.4 is 4.74 Å². The molecule has 11 heavy (non-hydrogen) atoms. The largest absolute Gasteiger partial charge is 0.465 e. The summed E-state index contributed by atoms with van der Waals surface area (Å²) in [6, 6.07) is 9.73. The SMILES string of the molecule is CC(C)=COc1ccccc1. The van der Waals surface area contributed by atoms with Crippen molar-refractivity contribution >= 4 is 0 Å². The molecule has 0 unspecified atom stereocenters. The first-order valence-electron chi connectivity index (χ1n) is 3.64. The van der Waals surface area contributed by atoms with Gasteiger partial charge in [0.05, 0.1) is 6.26 Å². The Morgan fingerprint density at radius 3 is 2.36 bits per heavy atom. The van der Waals surface area contributed by atoms with Crippen LogP contribution >= 0.6 is 0 Å². The van der Waals surface area contributed by atoms with E-state index in [-0.39, 0.29) is 0 Å². The molecule has 1 rings (SSSR count). The number of benzene rings is 1. The average Bonchev–Trinajstić information content (AvgIpc) is 2.03. The Kier molecular flexibility index (Phi) is 2.73. The molecule has 1 nitrogen and oxygen atoms in total. The Morgan fingerprint density at radius 1 is 1.18 bits per heavy atom. The van der Waals surface area contributed by atoms with Gasteiger partial charge in [-0.25, -0.2) is 0 Å². The van der Waals surface area contributed by atoms with Crippen molar-refractivity contribution in [1.29, 1.82) is 0 Å². The molecule has 0 amide bonds. The zero-order valence-electron chi connectivity index (χ0n) is 6.87. The van der Waals surface area contributed by atoms with E-state index in [1.807, 2.05) is 44.2 Å².